The van der Waals surface area contributed by atoms with Gasteiger partial charge in [-0.25, -0.2) is 8.78 Å². The molecule has 128 valence electrons. The fraction of sp³-hybridized carbons (Fsp3) is 0.533. The first-order chi connectivity index (χ1) is 10.9. The minimum Gasteiger partial charge on any atom is -0.493 e. The van der Waals surface area contributed by atoms with Gasteiger partial charge in [-0.3, -0.25) is 10.1 Å². The zero-order valence-electron chi connectivity index (χ0n) is 13.2. The van der Waals surface area contributed by atoms with Crippen LogP contribution in [-0.2, 0) is 11.3 Å². The monoisotopic (exact) mass is 330 g/mol. The molecular formula is C15H20F2N2O4. The minimum atomic E-state index is -2.84. The smallest absolute Gasteiger partial charge is 0.262 e. The molecule has 2 rings (SSSR count). The zero-order chi connectivity index (χ0) is 17.0. The van der Waals surface area contributed by atoms with Gasteiger partial charge in [-0.1, -0.05) is 0 Å². The van der Waals surface area contributed by atoms with E-state index in [9.17, 15) is 13.6 Å². The molecule has 1 aliphatic heterocycles. The number of benzene rings is 1. The van der Waals surface area contributed by atoms with Crippen molar-refractivity contribution in [3.63, 3.8) is 0 Å². The van der Waals surface area contributed by atoms with Gasteiger partial charge in [-0.15, -0.1) is 0 Å². The Hall–Kier alpha value is -2.09. The summed E-state index contributed by atoms with van der Waals surface area (Å²) in [5.41, 5.74) is 0.656. The fourth-order valence-electron chi connectivity index (χ4n) is 2.51. The lowest BCUT2D eigenvalue weighted by Gasteiger charge is -2.17. The van der Waals surface area contributed by atoms with Gasteiger partial charge in [0.15, 0.2) is 11.5 Å². The van der Waals surface area contributed by atoms with Crippen LogP contribution < -0.4 is 24.8 Å². The summed E-state index contributed by atoms with van der Waals surface area (Å²) in [6.45, 7) is -0.350. The quantitative estimate of drug-likeness (QED) is 0.823. The van der Waals surface area contributed by atoms with E-state index in [4.69, 9.17) is 14.2 Å². The van der Waals surface area contributed by atoms with Crippen LogP contribution in [0.2, 0.25) is 0 Å². The van der Waals surface area contributed by atoms with Crippen molar-refractivity contribution < 1.29 is 27.8 Å². The molecule has 2 N–H and O–H groups in total. The highest BCUT2D eigenvalue weighted by Gasteiger charge is 2.42. The number of carbonyl (C=O) groups excluding carboxylic acids is 1. The number of hydrogen-bond acceptors (Lipinski definition) is 5. The van der Waals surface area contributed by atoms with E-state index in [2.05, 4.69) is 10.6 Å². The van der Waals surface area contributed by atoms with E-state index in [1.54, 1.807) is 12.1 Å². The molecule has 0 saturated carbocycles. The molecule has 1 aromatic carbocycles. The van der Waals surface area contributed by atoms with E-state index in [1.165, 1.54) is 21.3 Å². The summed E-state index contributed by atoms with van der Waals surface area (Å²) < 4.78 is 42.0. The molecule has 1 saturated heterocycles. The minimum absolute atomic E-state index is 0.131. The van der Waals surface area contributed by atoms with Gasteiger partial charge in [0.1, 0.15) is 0 Å². The standard InChI is InChI=1S/C15H20F2N2O4/c1-21-11-5-4-9(12(22-2)13(11)23-3)7-18-14(20)10-6-15(16,17)8-19-10/h4-5,10,19H,6-8H2,1-3H3,(H,18,20). The molecule has 1 aliphatic rings. The number of ether oxygens (including phenoxy) is 3. The molecule has 6 nitrogen and oxygen atoms in total. The van der Waals surface area contributed by atoms with Crippen LogP contribution in [0.25, 0.3) is 0 Å². The van der Waals surface area contributed by atoms with Crippen molar-refractivity contribution in [1.29, 1.82) is 0 Å². The molecule has 1 unspecified atom stereocenters. The molecule has 1 aromatic rings. The van der Waals surface area contributed by atoms with E-state index in [0.29, 0.717) is 22.8 Å². The normalized spacial score (nSPS) is 19.3. The molecule has 1 atom stereocenters. The third kappa shape index (κ3) is 3.82. The van der Waals surface area contributed by atoms with Gasteiger partial charge in [-0.2, -0.15) is 0 Å². The van der Waals surface area contributed by atoms with Gasteiger partial charge < -0.3 is 19.5 Å². The number of methoxy groups -OCH3 is 3. The van der Waals surface area contributed by atoms with Crippen molar-refractivity contribution in [3.05, 3.63) is 17.7 Å². The molecule has 0 spiro atoms. The second kappa shape index (κ2) is 6.99. The van der Waals surface area contributed by atoms with Crippen LogP contribution in [0.15, 0.2) is 12.1 Å². The van der Waals surface area contributed by atoms with Gasteiger partial charge in [-0.05, 0) is 12.1 Å². The maximum atomic E-state index is 13.1. The maximum Gasteiger partial charge on any atom is 0.262 e. The number of rotatable bonds is 6. The van der Waals surface area contributed by atoms with Crippen LogP contribution in [0.4, 0.5) is 8.78 Å². The van der Waals surface area contributed by atoms with Crippen molar-refractivity contribution in [2.24, 2.45) is 0 Å². The Balaban J connectivity index is 2.07. The predicted octanol–water partition coefficient (Wildman–Crippen LogP) is 1.33. The average molecular weight is 330 g/mol. The molecule has 23 heavy (non-hydrogen) atoms. The zero-order valence-corrected chi connectivity index (χ0v) is 13.2. The lowest BCUT2D eigenvalue weighted by atomic mass is 10.1. The molecule has 0 aromatic heterocycles. The molecule has 1 fully saturated rings. The molecule has 1 amide bonds. The summed E-state index contributed by atoms with van der Waals surface area (Å²) in [6.07, 6.45) is -0.498. The van der Waals surface area contributed by atoms with Crippen LogP contribution in [0, 0.1) is 0 Å². The topological polar surface area (TPSA) is 68.8 Å². The Morgan fingerprint density at radius 3 is 2.48 bits per heavy atom. The van der Waals surface area contributed by atoms with Crippen LogP contribution in [0.5, 0.6) is 17.2 Å². The largest absolute Gasteiger partial charge is 0.493 e. The molecule has 0 radical (unpaired) electrons. The third-order valence-corrected chi connectivity index (χ3v) is 3.67. The summed E-state index contributed by atoms with van der Waals surface area (Å²) in [5, 5.41) is 5.15. The molecule has 8 heteroatoms. The van der Waals surface area contributed by atoms with Gasteiger partial charge in [0.25, 0.3) is 5.92 Å². The number of nitrogens with one attached hydrogen (secondary N) is 2. The van der Waals surface area contributed by atoms with E-state index in [-0.39, 0.29) is 6.54 Å². The third-order valence-electron chi connectivity index (χ3n) is 3.67. The lowest BCUT2D eigenvalue weighted by Crippen LogP contribution is -2.40. The van der Waals surface area contributed by atoms with E-state index >= 15 is 0 Å². The fourth-order valence-corrected chi connectivity index (χ4v) is 2.51. The second-order valence-corrected chi connectivity index (χ2v) is 5.20. The second-order valence-electron chi connectivity index (χ2n) is 5.20. The van der Waals surface area contributed by atoms with Crippen LogP contribution in [0.3, 0.4) is 0 Å². The number of carbonyl (C=O) groups is 1. The molecular weight excluding hydrogens is 310 g/mol. The molecule has 0 aliphatic carbocycles. The van der Waals surface area contributed by atoms with E-state index in [1.807, 2.05) is 0 Å². The van der Waals surface area contributed by atoms with Gasteiger partial charge >= 0.3 is 0 Å². The first kappa shape index (κ1) is 17.3. The van der Waals surface area contributed by atoms with Gasteiger partial charge in [0.2, 0.25) is 11.7 Å². The average Bonchev–Trinajstić information content (AvgIpc) is 2.91. The maximum absolute atomic E-state index is 13.1. The van der Waals surface area contributed by atoms with Crippen LogP contribution in [-0.4, -0.2) is 45.7 Å². The Labute approximate surface area is 133 Å². The Morgan fingerprint density at radius 1 is 1.26 bits per heavy atom. The summed E-state index contributed by atoms with van der Waals surface area (Å²) in [4.78, 5) is 12.0. The van der Waals surface area contributed by atoms with Crippen LogP contribution in [0.1, 0.15) is 12.0 Å². The number of halogens is 2. The van der Waals surface area contributed by atoms with Crippen molar-refractivity contribution in [3.8, 4) is 17.2 Å². The first-order valence-electron chi connectivity index (χ1n) is 7.08. The highest BCUT2D eigenvalue weighted by Crippen LogP contribution is 2.39. The molecule has 0 bridgehead atoms. The Morgan fingerprint density at radius 2 is 1.96 bits per heavy atom. The number of hydrogen-bond donors (Lipinski definition) is 2. The number of amides is 1. The van der Waals surface area contributed by atoms with Crippen LogP contribution >= 0.6 is 0 Å². The lowest BCUT2D eigenvalue weighted by molar-refractivity contribution is -0.123. The predicted molar refractivity (Wildman–Crippen MR) is 79.3 cm³/mol. The van der Waals surface area contributed by atoms with Gasteiger partial charge in [0, 0.05) is 18.5 Å². The van der Waals surface area contributed by atoms with E-state index < -0.39 is 30.8 Å². The highest BCUT2D eigenvalue weighted by molar-refractivity contribution is 5.82. The van der Waals surface area contributed by atoms with Crippen molar-refractivity contribution in [2.45, 2.75) is 24.9 Å². The van der Waals surface area contributed by atoms with Crippen molar-refractivity contribution in [1.82, 2.24) is 10.6 Å². The molecule has 1 heterocycles. The van der Waals surface area contributed by atoms with E-state index in [0.717, 1.165) is 0 Å². The summed E-state index contributed by atoms with van der Waals surface area (Å²) in [7, 11) is 4.46. The SMILES string of the molecule is COc1ccc(CNC(=O)C2CC(F)(F)CN2)c(OC)c1OC. The number of alkyl halides is 2. The van der Waals surface area contributed by atoms with Gasteiger partial charge in [0.05, 0.1) is 33.9 Å². The summed E-state index contributed by atoms with van der Waals surface area (Å²) in [6, 6.07) is 2.51. The van der Waals surface area contributed by atoms with Crippen molar-refractivity contribution in [2.75, 3.05) is 27.9 Å². The Bertz CT molecular complexity index is 581. The Kier molecular flexibility index (Phi) is 5.25. The highest BCUT2D eigenvalue weighted by atomic mass is 19.3. The summed E-state index contributed by atoms with van der Waals surface area (Å²) in [5.74, 6) is -1.98. The van der Waals surface area contributed by atoms with Crippen molar-refractivity contribution >= 4 is 5.91 Å². The summed E-state index contributed by atoms with van der Waals surface area (Å²) >= 11 is 0. The first-order valence-corrected chi connectivity index (χ1v) is 7.08.